The number of nitrogens with one attached hydrogen (secondary N) is 1. The Kier molecular flexibility index (Phi) is 5.27. The molecule has 3 amide bonds. The van der Waals surface area contributed by atoms with Crippen molar-refractivity contribution in [2.24, 2.45) is 0 Å². The second-order valence-corrected chi connectivity index (χ2v) is 7.06. The van der Waals surface area contributed by atoms with Crippen molar-refractivity contribution in [2.75, 3.05) is 33.8 Å². The molecule has 136 valence electrons. The lowest BCUT2D eigenvalue weighted by atomic mass is 9.88. The largest absolute Gasteiger partial charge is 0.360 e. The van der Waals surface area contributed by atoms with Crippen molar-refractivity contribution in [1.82, 2.24) is 15.1 Å². The first-order valence-corrected chi connectivity index (χ1v) is 8.99. The number of rotatable bonds is 3. The zero-order chi connectivity index (χ0) is 17.9. The Balaban J connectivity index is 1.66. The maximum Gasteiger partial charge on any atom is 0.317 e. The zero-order valence-electron chi connectivity index (χ0n) is 15.0. The minimum Gasteiger partial charge on any atom is -0.360 e. The number of hydrogen-bond donors (Lipinski definition) is 1. The maximum absolute atomic E-state index is 13.3. The Hall–Kier alpha value is -2.08. The van der Waals surface area contributed by atoms with Gasteiger partial charge in [0, 0.05) is 39.8 Å². The molecule has 0 spiro atoms. The fourth-order valence-electron chi connectivity index (χ4n) is 3.65. The lowest BCUT2D eigenvalue weighted by molar-refractivity contribution is -0.155. The number of likely N-dealkylation sites (tertiary alicyclic amines) is 1. The summed E-state index contributed by atoms with van der Waals surface area (Å²) in [5, 5.41) is 3.01. The predicted octanol–water partition coefficient (Wildman–Crippen LogP) is 1.95. The van der Waals surface area contributed by atoms with Gasteiger partial charge in [-0.3, -0.25) is 4.79 Å². The Morgan fingerprint density at radius 3 is 2.44 bits per heavy atom. The molecule has 0 aromatic heterocycles. The van der Waals surface area contributed by atoms with Gasteiger partial charge in [-0.05, 0) is 31.2 Å². The quantitative estimate of drug-likeness (QED) is 0.911. The van der Waals surface area contributed by atoms with Crippen molar-refractivity contribution >= 4 is 11.9 Å². The molecule has 1 atom stereocenters. The summed E-state index contributed by atoms with van der Waals surface area (Å²) in [6.45, 7) is 1.92. The molecule has 2 heterocycles. The van der Waals surface area contributed by atoms with E-state index in [2.05, 4.69) is 5.32 Å². The molecule has 2 saturated heterocycles. The van der Waals surface area contributed by atoms with Crippen LogP contribution in [0.2, 0.25) is 0 Å². The van der Waals surface area contributed by atoms with Crippen molar-refractivity contribution in [3.8, 4) is 0 Å². The highest BCUT2D eigenvalue weighted by Crippen LogP contribution is 2.38. The van der Waals surface area contributed by atoms with Crippen LogP contribution in [-0.2, 0) is 15.1 Å². The molecule has 0 saturated carbocycles. The predicted molar refractivity (Wildman–Crippen MR) is 95.1 cm³/mol. The fourth-order valence-corrected chi connectivity index (χ4v) is 3.65. The number of urea groups is 1. The summed E-state index contributed by atoms with van der Waals surface area (Å²) in [6, 6.07) is 9.86. The standard InChI is InChI=1S/C19H27N3O3/c1-21(2)18(24)20-16-9-12-22(13-10-16)17(23)19(11-6-14-25-19)15-7-4-3-5-8-15/h3-5,7-8,16H,6,9-14H2,1-2H3,(H,20,24). The third kappa shape index (κ3) is 3.63. The SMILES string of the molecule is CN(C)C(=O)NC1CCN(C(=O)C2(c3ccccc3)CCCO2)CC1. The number of carbonyl (C=O) groups is 2. The van der Waals surface area contributed by atoms with E-state index < -0.39 is 5.60 Å². The molecule has 25 heavy (non-hydrogen) atoms. The van der Waals surface area contributed by atoms with Gasteiger partial charge in [-0.15, -0.1) is 0 Å². The van der Waals surface area contributed by atoms with Gasteiger partial charge in [0.1, 0.15) is 0 Å². The Morgan fingerprint density at radius 1 is 1.20 bits per heavy atom. The minimum absolute atomic E-state index is 0.0635. The summed E-state index contributed by atoms with van der Waals surface area (Å²) in [7, 11) is 3.46. The molecule has 6 nitrogen and oxygen atoms in total. The first-order valence-electron chi connectivity index (χ1n) is 8.99. The molecular formula is C19H27N3O3. The summed E-state index contributed by atoms with van der Waals surface area (Å²) in [5.41, 5.74) is 0.113. The Bertz CT molecular complexity index is 604. The third-order valence-electron chi connectivity index (χ3n) is 5.12. The number of carbonyl (C=O) groups excluding carboxylic acids is 2. The van der Waals surface area contributed by atoms with Crippen LogP contribution in [0.4, 0.5) is 4.79 Å². The molecule has 3 rings (SSSR count). The van der Waals surface area contributed by atoms with E-state index in [0.717, 1.165) is 31.2 Å². The molecule has 0 bridgehead atoms. The van der Waals surface area contributed by atoms with E-state index in [-0.39, 0.29) is 18.0 Å². The monoisotopic (exact) mass is 345 g/mol. The second kappa shape index (κ2) is 7.44. The van der Waals surface area contributed by atoms with E-state index >= 15 is 0 Å². The maximum atomic E-state index is 13.3. The highest BCUT2D eigenvalue weighted by atomic mass is 16.5. The summed E-state index contributed by atoms with van der Waals surface area (Å²) >= 11 is 0. The Morgan fingerprint density at radius 2 is 1.88 bits per heavy atom. The number of piperidine rings is 1. The van der Waals surface area contributed by atoms with Gasteiger partial charge in [0.15, 0.2) is 5.60 Å². The number of ether oxygens (including phenoxy) is 1. The number of amides is 3. The van der Waals surface area contributed by atoms with E-state index in [4.69, 9.17) is 4.74 Å². The van der Waals surface area contributed by atoms with E-state index in [1.165, 1.54) is 4.90 Å². The van der Waals surface area contributed by atoms with Gasteiger partial charge in [0.25, 0.3) is 5.91 Å². The average molecular weight is 345 g/mol. The smallest absolute Gasteiger partial charge is 0.317 e. The average Bonchev–Trinajstić information content (AvgIpc) is 3.13. The van der Waals surface area contributed by atoms with E-state index in [9.17, 15) is 9.59 Å². The normalized spacial score (nSPS) is 24.2. The van der Waals surface area contributed by atoms with Crippen molar-refractivity contribution in [3.63, 3.8) is 0 Å². The molecular weight excluding hydrogens is 318 g/mol. The van der Waals surface area contributed by atoms with Gasteiger partial charge in [-0.2, -0.15) is 0 Å². The molecule has 1 aromatic rings. The summed E-state index contributed by atoms with van der Waals surface area (Å²) in [6.07, 6.45) is 3.18. The lowest BCUT2D eigenvalue weighted by Crippen LogP contribution is -2.53. The van der Waals surface area contributed by atoms with Crippen molar-refractivity contribution in [3.05, 3.63) is 35.9 Å². The first kappa shape index (κ1) is 17.7. The molecule has 0 radical (unpaired) electrons. The summed E-state index contributed by atoms with van der Waals surface area (Å²) < 4.78 is 6.00. The van der Waals surface area contributed by atoms with E-state index in [0.29, 0.717) is 19.7 Å². The third-order valence-corrected chi connectivity index (χ3v) is 5.12. The number of hydrogen-bond acceptors (Lipinski definition) is 3. The minimum atomic E-state index is -0.832. The van der Waals surface area contributed by atoms with Crippen LogP contribution in [0.15, 0.2) is 30.3 Å². The van der Waals surface area contributed by atoms with Gasteiger partial charge in [-0.25, -0.2) is 4.79 Å². The topological polar surface area (TPSA) is 61.9 Å². The molecule has 0 aliphatic carbocycles. The van der Waals surface area contributed by atoms with Crippen LogP contribution in [0, 0.1) is 0 Å². The van der Waals surface area contributed by atoms with E-state index in [1.807, 2.05) is 35.2 Å². The summed E-state index contributed by atoms with van der Waals surface area (Å²) in [5.74, 6) is 0.0635. The van der Waals surface area contributed by atoms with Crippen LogP contribution in [0.1, 0.15) is 31.2 Å². The van der Waals surface area contributed by atoms with Crippen molar-refractivity contribution < 1.29 is 14.3 Å². The highest BCUT2D eigenvalue weighted by Gasteiger charge is 2.47. The molecule has 1 N–H and O–H groups in total. The number of benzene rings is 1. The zero-order valence-corrected chi connectivity index (χ0v) is 15.0. The second-order valence-electron chi connectivity index (χ2n) is 7.06. The van der Waals surface area contributed by atoms with Crippen LogP contribution < -0.4 is 5.32 Å². The van der Waals surface area contributed by atoms with Crippen LogP contribution in [-0.4, -0.2) is 61.6 Å². The Labute approximate surface area is 149 Å². The van der Waals surface area contributed by atoms with Crippen LogP contribution >= 0.6 is 0 Å². The molecule has 1 unspecified atom stereocenters. The van der Waals surface area contributed by atoms with Crippen molar-refractivity contribution in [2.45, 2.75) is 37.3 Å². The highest BCUT2D eigenvalue weighted by molar-refractivity contribution is 5.87. The van der Waals surface area contributed by atoms with Crippen LogP contribution in [0.3, 0.4) is 0 Å². The molecule has 2 aliphatic rings. The van der Waals surface area contributed by atoms with Gasteiger partial charge in [0.2, 0.25) is 0 Å². The summed E-state index contributed by atoms with van der Waals surface area (Å²) in [4.78, 5) is 28.5. The lowest BCUT2D eigenvalue weighted by Gasteiger charge is -2.38. The van der Waals surface area contributed by atoms with Crippen LogP contribution in [0.5, 0.6) is 0 Å². The number of nitrogens with zero attached hydrogens (tertiary/aromatic N) is 2. The fraction of sp³-hybridized carbons (Fsp3) is 0.579. The van der Waals surface area contributed by atoms with Gasteiger partial charge in [0.05, 0.1) is 0 Å². The van der Waals surface area contributed by atoms with Crippen molar-refractivity contribution in [1.29, 1.82) is 0 Å². The molecule has 1 aromatic carbocycles. The van der Waals surface area contributed by atoms with Gasteiger partial charge < -0.3 is 19.9 Å². The first-order chi connectivity index (χ1) is 12.0. The molecule has 2 aliphatic heterocycles. The molecule has 2 fully saturated rings. The molecule has 6 heteroatoms. The van der Waals surface area contributed by atoms with Gasteiger partial charge in [-0.1, -0.05) is 30.3 Å². The van der Waals surface area contributed by atoms with E-state index in [1.54, 1.807) is 14.1 Å². The van der Waals surface area contributed by atoms with Gasteiger partial charge >= 0.3 is 6.03 Å². The van der Waals surface area contributed by atoms with Crippen LogP contribution in [0.25, 0.3) is 0 Å².